The number of hydrogen-bond donors (Lipinski definition) is 1. The molecule has 0 saturated heterocycles. The summed E-state index contributed by atoms with van der Waals surface area (Å²) in [6.45, 7) is 0. The van der Waals surface area contributed by atoms with Gasteiger partial charge in [-0.1, -0.05) is 35.3 Å². The number of anilines is 1. The van der Waals surface area contributed by atoms with Crippen LogP contribution in [0.1, 0.15) is 10.4 Å². The Morgan fingerprint density at radius 2 is 1.95 bits per heavy atom. The number of carbonyl (C=O) groups excluding carboxylic acids is 1. The summed E-state index contributed by atoms with van der Waals surface area (Å²) < 4.78 is 0. The number of hydrogen-bond acceptors (Lipinski definition) is 3. The lowest BCUT2D eigenvalue weighted by Crippen LogP contribution is -2.13. The van der Waals surface area contributed by atoms with Gasteiger partial charge in [-0.2, -0.15) is 0 Å². The highest BCUT2D eigenvalue weighted by molar-refractivity contribution is 7.98. The first-order chi connectivity index (χ1) is 9.11. The molecule has 0 radical (unpaired) electrons. The van der Waals surface area contributed by atoms with Crippen molar-refractivity contribution in [3.63, 3.8) is 0 Å². The highest BCUT2D eigenvalue weighted by Gasteiger charge is 2.13. The molecule has 1 heterocycles. The van der Waals surface area contributed by atoms with E-state index in [4.69, 9.17) is 23.2 Å². The van der Waals surface area contributed by atoms with E-state index >= 15 is 0 Å². The molecular weight excluding hydrogens is 303 g/mol. The quantitative estimate of drug-likeness (QED) is 0.676. The van der Waals surface area contributed by atoms with Gasteiger partial charge >= 0.3 is 0 Å². The second kappa shape index (κ2) is 6.28. The number of rotatable bonds is 3. The maximum atomic E-state index is 12.1. The average Bonchev–Trinajstić information content (AvgIpc) is 2.39. The minimum Gasteiger partial charge on any atom is -0.321 e. The fourth-order valence-electron chi connectivity index (χ4n) is 1.52. The standard InChI is InChI=1S/C13H10Cl2N2OS/c1-19-10-5-3-2-4-9(10)16-13(18)8-6-7-11(14)17-12(8)15/h2-7H,1H3,(H,16,18). The molecular formula is C13H10Cl2N2OS. The van der Waals surface area contributed by atoms with E-state index in [9.17, 15) is 4.79 Å². The van der Waals surface area contributed by atoms with E-state index in [1.807, 2.05) is 30.5 Å². The van der Waals surface area contributed by atoms with Crippen LogP contribution in [0.2, 0.25) is 10.3 Å². The van der Waals surface area contributed by atoms with E-state index in [-0.39, 0.29) is 16.2 Å². The van der Waals surface area contributed by atoms with Gasteiger partial charge in [0, 0.05) is 4.90 Å². The predicted octanol–water partition coefficient (Wildman–Crippen LogP) is 4.36. The zero-order valence-corrected chi connectivity index (χ0v) is 12.3. The van der Waals surface area contributed by atoms with Crippen molar-refractivity contribution >= 4 is 46.6 Å². The molecule has 1 aromatic heterocycles. The smallest absolute Gasteiger partial charge is 0.258 e. The van der Waals surface area contributed by atoms with Crippen LogP contribution in [0, 0.1) is 0 Å². The number of amides is 1. The first-order valence-corrected chi connectivity index (χ1v) is 7.36. The minimum absolute atomic E-state index is 0.0895. The number of para-hydroxylation sites is 1. The van der Waals surface area contributed by atoms with E-state index in [2.05, 4.69) is 10.3 Å². The van der Waals surface area contributed by atoms with Gasteiger partial charge in [-0.15, -0.1) is 11.8 Å². The normalized spacial score (nSPS) is 10.3. The topological polar surface area (TPSA) is 42.0 Å². The maximum absolute atomic E-state index is 12.1. The van der Waals surface area contributed by atoms with E-state index in [1.165, 1.54) is 6.07 Å². The molecule has 0 saturated carbocycles. The average molecular weight is 313 g/mol. The number of benzene rings is 1. The molecule has 1 N–H and O–H groups in total. The predicted molar refractivity (Wildman–Crippen MR) is 80.4 cm³/mol. The van der Waals surface area contributed by atoms with Crippen LogP contribution in [0.3, 0.4) is 0 Å². The number of thioether (sulfide) groups is 1. The molecule has 0 atom stereocenters. The second-order valence-corrected chi connectivity index (χ2v) is 5.22. The third kappa shape index (κ3) is 3.41. The molecule has 0 aliphatic carbocycles. The summed E-state index contributed by atoms with van der Waals surface area (Å²) in [5.41, 5.74) is 1.04. The summed E-state index contributed by atoms with van der Waals surface area (Å²) in [4.78, 5) is 17.0. The van der Waals surface area contributed by atoms with Crippen LogP contribution >= 0.6 is 35.0 Å². The molecule has 3 nitrogen and oxygen atoms in total. The summed E-state index contributed by atoms with van der Waals surface area (Å²) in [5.74, 6) is -0.310. The third-order valence-corrected chi connectivity index (χ3v) is 3.71. The van der Waals surface area contributed by atoms with E-state index in [1.54, 1.807) is 17.8 Å². The Morgan fingerprint density at radius 1 is 1.21 bits per heavy atom. The maximum Gasteiger partial charge on any atom is 0.258 e. The lowest BCUT2D eigenvalue weighted by Gasteiger charge is -2.09. The van der Waals surface area contributed by atoms with Gasteiger partial charge in [-0.25, -0.2) is 4.98 Å². The zero-order chi connectivity index (χ0) is 13.8. The van der Waals surface area contributed by atoms with Crippen LogP contribution in [-0.4, -0.2) is 17.1 Å². The highest BCUT2D eigenvalue weighted by Crippen LogP contribution is 2.26. The largest absolute Gasteiger partial charge is 0.321 e. The Labute approximate surface area is 125 Å². The molecule has 0 fully saturated rings. The van der Waals surface area contributed by atoms with Crippen molar-refractivity contribution in [1.29, 1.82) is 0 Å². The molecule has 2 aromatic rings. The molecule has 1 amide bonds. The van der Waals surface area contributed by atoms with Gasteiger partial charge < -0.3 is 5.32 Å². The van der Waals surface area contributed by atoms with Gasteiger partial charge in [0.2, 0.25) is 0 Å². The number of nitrogens with zero attached hydrogens (tertiary/aromatic N) is 1. The van der Waals surface area contributed by atoms with Crippen LogP contribution in [-0.2, 0) is 0 Å². The van der Waals surface area contributed by atoms with Crippen LogP contribution in [0.4, 0.5) is 5.69 Å². The Kier molecular flexibility index (Phi) is 4.69. The summed E-state index contributed by atoms with van der Waals surface area (Å²) in [6.07, 6.45) is 1.95. The molecule has 6 heteroatoms. The first-order valence-electron chi connectivity index (χ1n) is 5.38. The number of pyridine rings is 1. The van der Waals surface area contributed by atoms with Crippen molar-refractivity contribution in [2.45, 2.75) is 4.90 Å². The Morgan fingerprint density at radius 3 is 2.63 bits per heavy atom. The summed E-state index contributed by atoms with van der Waals surface area (Å²) in [5, 5.41) is 3.16. The highest BCUT2D eigenvalue weighted by atomic mass is 35.5. The zero-order valence-electron chi connectivity index (χ0n) is 9.98. The van der Waals surface area contributed by atoms with Crippen molar-refractivity contribution in [2.75, 3.05) is 11.6 Å². The molecule has 0 spiro atoms. The Bertz CT molecular complexity index is 619. The Hall–Kier alpha value is -1.23. The number of aromatic nitrogens is 1. The van der Waals surface area contributed by atoms with E-state index in [0.717, 1.165) is 10.6 Å². The fourth-order valence-corrected chi connectivity index (χ4v) is 2.50. The van der Waals surface area contributed by atoms with Gasteiger partial charge in [-0.05, 0) is 30.5 Å². The molecule has 2 rings (SSSR count). The van der Waals surface area contributed by atoms with Crippen molar-refractivity contribution < 1.29 is 4.79 Å². The number of carbonyl (C=O) groups is 1. The number of halogens is 2. The lowest BCUT2D eigenvalue weighted by atomic mass is 10.2. The molecule has 0 aliphatic heterocycles. The van der Waals surface area contributed by atoms with Crippen molar-refractivity contribution in [3.05, 3.63) is 52.3 Å². The fraction of sp³-hybridized carbons (Fsp3) is 0.0769. The Balaban J connectivity index is 2.26. The molecule has 0 aliphatic rings. The SMILES string of the molecule is CSc1ccccc1NC(=O)c1ccc(Cl)nc1Cl. The molecule has 1 aromatic carbocycles. The van der Waals surface area contributed by atoms with Gasteiger partial charge in [0.25, 0.3) is 5.91 Å². The summed E-state index contributed by atoms with van der Waals surface area (Å²) in [6, 6.07) is 10.6. The van der Waals surface area contributed by atoms with E-state index < -0.39 is 0 Å². The second-order valence-electron chi connectivity index (χ2n) is 3.63. The molecule has 0 unspecified atom stereocenters. The van der Waals surface area contributed by atoms with E-state index in [0.29, 0.717) is 5.56 Å². The lowest BCUT2D eigenvalue weighted by molar-refractivity contribution is 0.102. The van der Waals surface area contributed by atoms with Gasteiger partial charge in [0.05, 0.1) is 11.3 Å². The minimum atomic E-state index is -0.310. The van der Waals surface area contributed by atoms with Crippen LogP contribution in [0.25, 0.3) is 0 Å². The number of nitrogens with one attached hydrogen (secondary N) is 1. The molecule has 0 bridgehead atoms. The third-order valence-electron chi connectivity index (χ3n) is 2.41. The summed E-state index contributed by atoms with van der Waals surface area (Å²) >= 11 is 13.2. The molecule has 98 valence electrons. The monoisotopic (exact) mass is 312 g/mol. The van der Waals surface area contributed by atoms with Crippen molar-refractivity contribution in [1.82, 2.24) is 4.98 Å². The summed E-state index contributed by atoms with van der Waals surface area (Å²) in [7, 11) is 0. The van der Waals surface area contributed by atoms with Crippen molar-refractivity contribution in [3.8, 4) is 0 Å². The molecule has 19 heavy (non-hydrogen) atoms. The van der Waals surface area contributed by atoms with Gasteiger partial charge in [-0.3, -0.25) is 4.79 Å². The van der Waals surface area contributed by atoms with Gasteiger partial charge in [0.1, 0.15) is 10.3 Å². The van der Waals surface area contributed by atoms with Crippen LogP contribution in [0.15, 0.2) is 41.3 Å². The first kappa shape index (κ1) is 14.2. The van der Waals surface area contributed by atoms with Crippen LogP contribution < -0.4 is 5.32 Å². The van der Waals surface area contributed by atoms with Crippen LogP contribution in [0.5, 0.6) is 0 Å². The van der Waals surface area contributed by atoms with Gasteiger partial charge in [0.15, 0.2) is 0 Å². The van der Waals surface area contributed by atoms with Crippen molar-refractivity contribution in [2.24, 2.45) is 0 Å².